The third-order valence-corrected chi connectivity index (χ3v) is 5.01. The molecule has 0 bridgehead atoms. The summed E-state index contributed by atoms with van der Waals surface area (Å²) in [4.78, 5) is 11.4. The van der Waals surface area contributed by atoms with E-state index in [-0.39, 0.29) is 5.97 Å². The summed E-state index contributed by atoms with van der Waals surface area (Å²) in [6.45, 7) is 1.99. The van der Waals surface area contributed by atoms with Gasteiger partial charge in [-0.05, 0) is 54.8 Å². The van der Waals surface area contributed by atoms with Crippen molar-refractivity contribution in [3.8, 4) is 11.5 Å². The van der Waals surface area contributed by atoms with Gasteiger partial charge in [0.15, 0.2) is 0 Å². The SMILES string of the molecule is COC(=O)c1ccc(COc2ccc(OCCNC3CCCCC3)cc2)cc1. The maximum absolute atomic E-state index is 11.4. The molecule has 3 rings (SSSR count). The number of hydrogen-bond acceptors (Lipinski definition) is 5. The molecular weight excluding hydrogens is 354 g/mol. The lowest BCUT2D eigenvalue weighted by Gasteiger charge is -2.22. The van der Waals surface area contributed by atoms with Crippen LogP contribution in [0.3, 0.4) is 0 Å². The Bertz CT molecular complexity index is 721. The summed E-state index contributed by atoms with van der Waals surface area (Å²) < 4.78 is 16.3. The molecule has 0 spiro atoms. The minimum Gasteiger partial charge on any atom is -0.492 e. The average Bonchev–Trinajstić information content (AvgIpc) is 2.76. The lowest BCUT2D eigenvalue weighted by Crippen LogP contribution is -2.34. The molecular formula is C23H29NO4. The minimum absolute atomic E-state index is 0.336. The Hall–Kier alpha value is -2.53. The van der Waals surface area contributed by atoms with E-state index in [1.165, 1.54) is 39.2 Å². The molecule has 2 aromatic rings. The van der Waals surface area contributed by atoms with Crippen LogP contribution in [0.1, 0.15) is 48.0 Å². The van der Waals surface area contributed by atoms with Crippen molar-refractivity contribution in [1.29, 1.82) is 0 Å². The summed E-state index contributed by atoms with van der Waals surface area (Å²) in [5, 5.41) is 3.58. The molecule has 2 aromatic carbocycles. The Labute approximate surface area is 167 Å². The first kappa shape index (κ1) is 20.2. The van der Waals surface area contributed by atoms with Crippen LogP contribution in [-0.2, 0) is 11.3 Å². The Balaban J connectivity index is 1.37. The normalized spacial score (nSPS) is 14.5. The number of methoxy groups -OCH3 is 1. The largest absolute Gasteiger partial charge is 0.492 e. The lowest BCUT2D eigenvalue weighted by molar-refractivity contribution is 0.0600. The van der Waals surface area contributed by atoms with Crippen molar-refractivity contribution in [3.63, 3.8) is 0 Å². The zero-order valence-electron chi connectivity index (χ0n) is 16.5. The fourth-order valence-electron chi connectivity index (χ4n) is 3.39. The first-order valence-electron chi connectivity index (χ1n) is 10.0. The summed E-state index contributed by atoms with van der Waals surface area (Å²) in [7, 11) is 1.38. The van der Waals surface area contributed by atoms with Crippen LogP contribution in [0.4, 0.5) is 0 Å². The van der Waals surface area contributed by atoms with Gasteiger partial charge < -0.3 is 19.5 Å². The van der Waals surface area contributed by atoms with Crippen LogP contribution in [0, 0.1) is 0 Å². The van der Waals surface area contributed by atoms with Crippen LogP contribution in [-0.4, -0.2) is 32.3 Å². The first-order valence-corrected chi connectivity index (χ1v) is 10.0. The standard InChI is InChI=1S/C23H29NO4/c1-26-23(25)19-9-7-18(8-10-19)17-28-22-13-11-21(12-14-22)27-16-15-24-20-5-3-2-4-6-20/h7-14,20,24H,2-6,15-17H2,1H3. The number of hydrogen-bond donors (Lipinski definition) is 1. The fourth-order valence-corrected chi connectivity index (χ4v) is 3.39. The van der Waals surface area contributed by atoms with Crippen molar-refractivity contribution in [2.24, 2.45) is 0 Å². The van der Waals surface area contributed by atoms with Gasteiger partial charge in [0, 0.05) is 12.6 Å². The number of benzene rings is 2. The highest BCUT2D eigenvalue weighted by Gasteiger charge is 2.11. The van der Waals surface area contributed by atoms with Crippen LogP contribution in [0.25, 0.3) is 0 Å². The lowest BCUT2D eigenvalue weighted by atomic mass is 9.96. The monoisotopic (exact) mass is 383 g/mol. The van der Waals surface area contributed by atoms with Gasteiger partial charge in [-0.1, -0.05) is 31.4 Å². The Kier molecular flexibility index (Phi) is 7.73. The number of rotatable bonds is 9. The molecule has 0 unspecified atom stereocenters. The van der Waals surface area contributed by atoms with Gasteiger partial charge in [0.1, 0.15) is 24.7 Å². The molecule has 5 heteroatoms. The topological polar surface area (TPSA) is 56.8 Å². The van der Waals surface area contributed by atoms with E-state index in [1.807, 2.05) is 36.4 Å². The van der Waals surface area contributed by atoms with Crippen LogP contribution in [0.2, 0.25) is 0 Å². The average molecular weight is 383 g/mol. The predicted octanol–water partition coefficient (Wildman–Crippen LogP) is 4.35. The molecule has 0 atom stereocenters. The van der Waals surface area contributed by atoms with Crippen LogP contribution < -0.4 is 14.8 Å². The number of ether oxygens (including phenoxy) is 3. The third kappa shape index (κ3) is 6.27. The van der Waals surface area contributed by atoms with E-state index in [2.05, 4.69) is 5.32 Å². The van der Waals surface area contributed by atoms with Gasteiger partial charge in [0.25, 0.3) is 0 Å². The molecule has 150 valence electrons. The van der Waals surface area contributed by atoms with Gasteiger partial charge in [-0.3, -0.25) is 0 Å². The molecule has 5 nitrogen and oxygen atoms in total. The van der Waals surface area contributed by atoms with Gasteiger partial charge in [0.2, 0.25) is 0 Å². The van der Waals surface area contributed by atoms with Crippen molar-refractivity contribution in [3.05, 3.63) is 59.7 Å². The summed E-state index contributed by atoms with van der Waals surface area (Å²) >= 11 is 0. The summed E-state index contributed by atoms with van der Waals surface area (Å²) in [6, 6.07) is 15.5. The third-order valence-electron chi connectivity index (χ3n) is 5.01. The van der Waals surface area contributed by atoms with E-state index in [0.29, 0.717) is 24.8 Å². The first-order chi connectivity index (χ1) is 13.7. The molecule has 0 aromatic heterocycles. The Morgan fingerprint density at radius 3 is 2.21 bits per heavy atom. The smallest absolute Gasteiger partial charge is 0.337 e. The summed E-state index contributed by atoms with van der Waals surface area (Å²) in [5.41, 5.74) is 1.52. The van der Waals surface area contributed by atoms with Crippen molar-refractivity contribution in [2.45, 2.75) is 44.8 Å². The zero-order valence-corrected chi connectivity index (χ0v) is 16.5. The molecule has 0 heterocycles. The Morgan fingerprint density at radius 2 is 1.57 bits per heavy atom. The maximum Gasteiger partial charge on any atom is 0.337 e. The van der Waals surface area contributed by atoms with E-state index in [1.54, 1.807) is 12.1 Å². The Morgan fingerprint density at radius 1 is 0.929 bits per heavy atom. The van der Waals surface area contributed by atoms with Gasteiger partial charge in [-0.2, -0.15) is 0 Å². The molecule has 0 aliphatic heterocycles. The molecule has 1 N–H and O–H groups in total. The molecule has 1 aliphatic rings. The highest BCUT2D eigenvalue weighted by molar-refractivity contribution is 5.89. The number of esters is 1. The quantitative estimate of drug-likeness (QED) is 0.515. The number of carbonyl (C=O) groups excluding carboxylic acids is 1. The molecule has 0 amide bonds. The molecule has 1 fully saturated rings. The second kappa shape index (κ2) is 10.7. The van der Waals surface area contributed by atoms with Crippen molar-refractivity contribution < 1.29 is 19.0 Å². The van der Waals surface area contributed by atoms with E-state index >= 15 is 0 Å². The van der Waals surface area contributed by atoms with Gasteiger partial charge >= 0.3 is 5.97 Å². The second-order valence-corrected chi connectivity index (χ2v) is 7.09. The summed E-state index contributed by atoms with van der Waals surface area (Å²) in [5.74, 6) is 1.29. The van der Waals surface area contributed by atoms with E-state index < -0.39 is 0 Å². The molecule has 28 heavy (non-hydrogen) atoms. The number of nitrogens with one attached hydrogen (secondary N) is 1. The van der Waals surface area contributed by atoms with E-state index in [9.17, 15) is 4.79 Å². The highest BCUT2D eigenvalue weighted by atomic mass is 16.5. The summed E-state index contributed by atoms with van der Waals surface area (Å²) in [6.07, 6.45) is 6.64. The molecule has 1 saturated carbocycles. The van der Waals surface area contributed by atoms with Crippen LogP contribution in [0.15, 0.2) is 48.5 Å². The van der Waals surface area contributed by atoms with E-state index in [0.717, 1.165) is 23.6 Å². The van der Waals surface area contributed by atoms with Crippen molar-refractivity contribution in [1.82, 2.24) is 5.32 Å². The molecule has 1 aliphatic carbocycles. The van der Waals surface area contributed by atoms with Gasteiger partial charge in [0.05, 0.1) is 12.7 Å². The molecule has 0 saturated heterocycles. The molecule has 0 radical (unpaired) electrons. The maximum atomic E-state index is 11.4. The zero-order chi connectivity index (χ0) is 19.6. The van der Waals surface area contributed by atoms with Crippen molar-refractivity contribution in [2.75, 3.05) is 20.3 Å². The van der Waals surface area contributed by atoms with Gasteiger partial charge in [-0.25, -0.2) is 4.79 Å². The minimum atomic E-state index is -0.336. The number of carbonyl (C=O) groups is 1. The predicted molar refractivity (Wildman–Crippen MR) is 109 cm³/mol. The van der Waals surface area contributed by atoms with Gasteiger partial charge in [-0.15, -0.1) is 0 Å². The van der Waals surface area contributed by atoms with Crippen molar-refractivity contribution >= 4 is 5.97 Å². The fraction of sp³-hybridized carbons (Fsp3) is 0.435. The highest BCUT2D eigenvalue weighted by Crippen LogP contribution is 2.19. The van der Waals surface area contributed by atoms with E-state index in [4.69, 9.17) is 14.2 Å². The second-order valence-electron chi connectivity index (χ2n) is 7.09. The van der Waals surface area contributed by atoms with Crippen LogP contribution >= 0.6 is 0 Å². The van der Waals surface area contributed by atoms with Crippen LogP contribution in [0.5, 0.6) is 11.5 Å².